The first-order valence-electron chi connectivity index (χ1n) is 8.88. The number of aliphatic hydroxyl groups excluding tert-OH is 1. The molecule has 0 saturated carbocycles. The predicted octanol–water partition coefficient (Wildman–Crippen LogP) is 3.30. The van der Waals surface area contributed by atoms with Gasteiger partial charge in [0.25, 0.3) is 0 Å². The maximum Gasteiger partial charge on any atom is 0.221 e. The lowest BCUT2D eigenvalue weighted by Gasteiger charge is -2.20. The number of hydrogen-bond acceptors (Lipinski definition) is 4. The van der Waals surface area contributed by atoms with Crippen LogP contribution in [-0.4, -0.2) is 30.7 Å². The molecule has 0 unspecified atom stereocenters. The Hall–Kier alpha value is -2.51. The highest BCUT2D eigenvalue weighted by atomic mass is 19.1. The summed E-state index contributed by atoms with van der Waals surface area (Å²) in [6, 6.07) is 10.6. The number of rotatable bonds is 10. The fourth-order valence-corrected chi connectivity index (χ4v) is 2.63. The lowest BCUT2D eigenvalue weighted by atomic mass is 10.0. The van der Waals surface area contributed by atoms with Crippen LogP contribution in [0.2, 0.25) is 0 Å². The molecule has 0 radical (unpaired) electrons. The highest BCUT2D eigenvalue weighted by Crippen LogP contribution is 2.32. The van der Waals surface area contributed by atoms with Crippen LogP contribution in [0.3, 0.4) is 0 Å². The van der Waals surface area contributed by atoms with Crippen molar-refractivity contribution in [2.45, 2.75) is 25.8 Å². The smallest absolute Gasteiger partial charge is 0.221 e. The van der Waals surface area contributed by atoms with Crippen LogP contribution in [0.4, 0.5) is 8.78 Å². The van der Waals surface area contributed by atoms with Crippen LogP contribution >= 0.6 is 0 Å². The number of halogens is 2. The maximum atomic E-state index is 14.9. The van der Waals surface area contributed by atoms with Gasteiger partial charge in [0.15, 0.2) is 17.4 Å². The summed E-state index contributed by atoms with van der Waals surface area (Å²) in [4.78, 5) is 11.6. The quantitative estimate of drug-likeness (QED) is 0.593. The Bertz CT molecular complexity index is 742. The van der Waals surface area contributed by atoms with Crippen molar-refractivity contribution in [3.63, 3.8) is 0 Å². The van der Waals surface area contributed by atoms with Crippen molar-refractivity contribution in [1.29, 1.82) is 0 Å². The number of para-hydroxylation sites is 1. The fraction of sp³-hybridized carbons (Fsp3) is 0.350. The molecule has 3 N–H and O–H groups in total. The Balaban J connectivity index is 2.09. The number of benzene rings is 2. The monoisotopic (exact) mass is 378 g/mol. The average molecular weight is 378 g/mol. The van der Waals surface area contributed by atoms with Crippen molar-refractivity contribution in [3.05, 3.63) is 59.7 Å². The van der Waals surface area contributed by atoms with Gasteiger partial charge >= 0.3 is 0 Å². The van der Waals surface area contributed by atoms with Crippen LogP contribution < -0.4 is 15.4 Å². The minimum atomic E-state index is -0.779. The number of aliphatic hydroxyl groups is 1. The molecular formula is C20H24F2N2O3. The molecule has 0 aliphatic rings. The van der Waals surface area contributed by atoms with E-state index in [-0.39, 0.29) is 31.0 Å². The Morgan fingerprint density at radius 3 is 2.56 bits per heavy atom. The number of carbonyl (C=O) groups is 1. The van der Waals surface area contributed by atoms with Crippen LogP contribution in [0, 0.1) is 11.6 Å². The van der Waals surface area contributed by atoms with E-state index < -0.39 is 23.4 Å². The molecule has 5 nitrogen and oxygen atoms in total. The first-order chi connectivity index (χ1) is 13.1. The van der Waals surface area contributed by atoms with Crippen molar-refractivity contribution >= 4 is 5.91 Å². The van der Waals surface area contributed by atoms with Gasteiger partial charge in [0.2, 0.25) is 5.91 Å². The van der Waals surface area contributed by atoms with Crippen LogP contribution in [0.15, 0.2) is 42.5 Å². The number of hydrogen-bond donors (Lipinski definition) is 3. The Morgan fingerprint density at radius 2 is 1.89 bits per heavy atom. The Labute approximate surface area is 157 Å². The Morgan fingerprint density at radius 1 is 1.15 bits per heavy atom. The minimum Gasteiger partial charge on any atom is -0.451 e. The van der Waals surface area contributed by atoms with E-state index in [1.165, 1.54) is 12.1 Å². The molecule has 0 aliphatic carbocycles. The molecule has 0 saturated heterocycles. The molecule has 0 fully saturated rings. The van der Waals surface area contributed by atoms with E-state index in [4.69, 9.17) is 9.84 Å². The molecular weight excluding hydrogens is 354 g/mol. The summed E-state index contributed by atoms with van der Waals surface area (Å²) in [5.41, 5.74) is 0.278. The van der Waals surface area contributed by atoms with E-state index in [0.29, 0.717) is 18.7 Å². The van der Waals surface area contributed by atoms with Gasteiger partial charge in [-0.2, -0.15) is 0 Å². The lowest BCUT2D eigenvalue weighted by molar-refractivity contribution is -0.121. The van der Waals surface area contributed by atoms with Gasteiger partial charge in [-0.15, -0.1) is 0 Å². The number of ether oxygens (including phenoxy) is 1. The van der Waals surface area contributed by atoms with E-state index in [1.807, 2.05) is 6.92 Å². The van der Waals surface area contributed by atoms with Crippen molar-refractivity contribution in [3.8, 4) is 11.5 Å². The normalized spacial score (nSPS) is 11.9. The molecule has 1 atom stereocenters. The maximum absolute atomic E-state index is 14.9. The van der Waals surface area contributed by atoms with E-state index in [1.54, 1.807) is 30.3 Å². The molecule has 0 heterocycles. The summed E-state index contributed by atoms with van der Waals surface area (Å²) in [5, 5.41) is 14.3. The number of carbonyl (C=O) groups excluding carboxylic acids is 1. The third kappa shape index (κ3) is 6.01. The molecule has 7 heteroatoms. The molecule has 0 aromatic heterocycles. The fourth-order valence-electron chi connectivity index (χ4n) is 2.63. The molecule has 2 rings (SSSR count). The Kier molecular flexibility index (Phi) is 8.16. The highest BCUT2D eigenvalue weighted by molar-refractivity contribution is 5.76. The first-order valence-corrected chi connectivity index (χ1v) is 8.88. The third-order valence-electron chi connectivity index (χ3n) is 4.00. The van der Waals surface area contributed by atoms with Crippen molar-refractivity contribution in [2.75, 3.05) is 19.7 Å². The summed E-state index contributed by atoms with van der Waals surface area (Å²) >= 11 is 0. The SMILES string of the molecule is CC[C@H](NCCC(=O)NCCO)c1ccc(F)c(Oc2ccccc2)c1F. The van der Waals surface area contributed by atoms with Gasteiger partial charge in [-0.1, -0.05) is 31.2 Å². The van der Waals surface area contributed by atoms with Crippen LogP contribution in [-0.2, 0) is 4.79 Å². The summed E-state index contributed by atoms with van der Waals surface area (Å²) in [7, 11) is 0. The molecule has 146 valence electrons. The zero-order valence-electron chi connectivity index (χ0n) is 15.2. The van der Waals surface area contributed by atoms with Gasteiger partial charge in [0, 0.05) is 31.1 Å². The summed E-state index contributed by atoms with van der Waals surface area (Å²) < 4.78 is 34.4. The van der Waals surface area contributed by atoms with Crippen LogP contribution in [0.25, 0.3) is 0 Å². The van der Waals surface area contributed by atoms with Crippen LogP contribution in [0.5, 0.6) is 11.5 Å². The van der Waals surface area contributed by atoms with E-state index in [2.05, 4.69) is 10.6 Å². The van der Waals surface area contributed by atoms with Gasteiger partial charge in [-0.05, 0) is 24.6 Å². The summed E-state index contributed by atoms with van der Waals surface area (Å²) in [5.74, 6) is -1.85. The zero-order chi connectivity index (χ0) is 19.6. The number of amides is 1. The molecule has 0 spiro atoms. The zero-order valence-corrected chi connectivity index (χ0v) is 15.2. The summed E-state index contributed by atoms with van der Waals surface area (Å²) in [6.45, 7) is 2.26. The van der Waals surface area contributed by atoms with Crippen LogP contribution in [0.1, 0.15) is 31.4 Å². The molecule has 2 aromatic carbocycles. The molecule has 0 bridgehead atoms. The van der Waals surface area contributed by atoms with E-state index in [0.717, 1.165) is 0 Å². The second kappa shape index (κ2) is 10.6. The largest absolute Gasteiger partial charge is 0.451 e. The molecule has 2 aromatic rings. The molecule has 0 aliphatic heterocycles. The van der Waals surface area contributed by atoms with Gasteiger partial charge in [-0.3, -0.25) is 4.79 Å². The lowest BCUT2D eigenvalue weighted by Crippen LogP contribution is -2.31. The molecule has 1 amide bonds. The van der Waals surface area contributed by atoms with Crippen molar-refractivity contribution in [2.24, 2.45) is 0 Å². The number of nitrogens with one attached hydrogen (secondary N) is 2. The predicted molar refractivity (Wildman–Crippen MR) is 98.6 cm³/mol. The van der Waals surface area contributed by atoms with Crippen molar-refractivity contribution < 1.29 is 23.4 Å². The van der Waals surface area contributed by atoms with Gasteiger partial charge in [-0.25, -0.2) is 8.78 Å². The topological polar surface area (TPSA) is 70.6 Å². The standard InChI is InChI=1S/C20H24F2N2O3/c1-2-17(23-11-10-18(26)24-12-13-25)15-8-9-16(21)20(19(15)22)27-14-6-4-3-5-7-14/h3-9,17,23,25H,2,10-13H2,1H3,(H,24,26)/t17-/m0/s1. The van der Waals surface area contributed by atoms with Gasteiger partial charge in [0.1, 0.15) is 5.75 Å². The minimum absolute atomic E-state index is 0.123. The third-order valence-corrected chi connectivity index (χ3v) is 4.00. The summed E-state index contributed by atoms with van der Waals surface area (Å²) in [6.07, 6.45) is 0.734. The van der Waals surface area contributed by atoms with Gasteiger partial charge < -0.3 is 20.5 Å². The van der Waals surface area contributed by atoms with E-state index >= 15 is 0 Å². The molecule has 27 heavy (non-hydrogen) atoms. The van der Waals surface area contributed by atoms with Crippen molar-refractivity contribution in [1.82, 2.24) is 10.6 Å². The van der Waals surface area contributed by atoms with Gasteiger partial charge in [0.05, 0.1) is 6.61 Å². The highest BCUT2D eigenvalue weighted by Gasteiger charge is 2.21. The van der Waals surface area contributed by atoms with E-state index in [9.17, 15) is 13.6 Å². The second-order valence-electron chi connectivity index (χ2n) is 5.93. The average Bonchev–Trinajstić information content (AvgIpc) is 2.68. The first kappa shape index (κ1) is 20.8. The second-order valence-corrected chi connectivity index (χ2v) is 5.93.